The number of hydrogen-bond donors (Lipinski definition) is 1. The zero-order chi connectivity index (χ0) is 6.08. The molecule has 0 spiro atoms. The Morgan fingerprint density at radius 3 is 1.62 bits per heavy atom. The van der Waals surface area contributed by atoms with Crippen LogP contribution in [-0.4, -0.2) is 48.1 Å². The van der Waals surface area contributed by atoms with Crippen molar-refractivity contribution >= 4 is 38.2 Å². The Morgan fingerprint density at radius 2 is 1.62 bits per heavy atom. The minimum absolute atomic E-state index is 0. The first-order valence-corrected chi connectivity index (χ1v) is 3.26. The standard InChI is InChI=1S/C2H4O4S.Mg/c1-7(5,6)2(3)4;/h1H3,(H,3,4);/q;+2. The number of rotatable bonds is 0. The molecule has 0 fully saturated rings. The third-order valence-electron chi connectivity index (χ3n) is 0.317. The Morgan fingerprint density at radius 1 is 1.50 bits per heavy atom. The fourth-order valence-electron chi connectivity index (χ4n) is 0. The van der Waals surface area contributed by atoms with Gasteiger partial charge in [-0.25, -0.2) is 13.2 Å². The molecular weight excluding hydrogens is 144 g/mol. The molecule has 1 N–H and O–H groups in total. The molecule has 0 aromatic rings. The maximum atomic E-state index is 9.73. The van der Waals surface area contributed by atoms with Gasteiger partial charge in [0.2, 0.25) is 9.84 Å². The monoisotopic (exact) mass is 148 g/mol. The van der Waals surface area contributed by atoms with E-state index in [0.29, 0.717) is 6.26 Å². The van der Waals surface area contributed by atoms with Crippen LogP contribution in [-0.2, 0) is 9.84 Å². The summed E-state index contributed by atoms with van der Waals surface area (Å²) < 4.78 is 19.5. The molecule has 0 rings (SSSR count). The molecule has 0 atom stereocenters. The van der Waals surface area contributed by atoms with Crippen molar-refractivity contribution in [2.75, 3.05) is 6.26 Å². The first-order valence-electron chi connectivity index (χ1n) is 1.37. The molecule has 0 aromatic carbocycles. The summed E-state index contributed by atoms with van der Waals surface area (Å²) in [7, 11) is -3.82. The van der Waals surface area contributed by atoms with Crippen molar-refractivity contribution in [2.24, 2.45) is 0 Å². The molecule has 0 saturated carbocycles. The summed E-state index contributed by atoms with van der Waals surface area (Å²) in [5.74, 6) is 0. The van der Waals surface area contributed by atoms with E-state index in [1.807, 2.05) is 0 Å². The van der Waals surface area contributed by atoms with Crippen molar-refractivity contribution in [1.82, 2.24) is 0 Å². The van der Waals surface area contributed by atoms with E-state index < -0.39 is 15.1 Å². The molecule has 4 nitrogen and oxygen atoms in total. The number of carboxylic acid groups (broad SMARTS) is 1. The van der Waals surface area contributed by atoms with E-state index in [0.717, 1.165) is 0 Å². The number of hydrogen-bond acceptors (Lipinski definition) is 3. The molecule has 0 aliphatic heterocycles. The Labute approximate surface area is 63.0 Å². The van der Waals surface area contributed by atoms with Gasteiger partial charge in [0, 0.05) is 0 Å². The van der Waals surface area contributed by atoms with Crippen LogP contribution in [0.4, 0.5) is 4.79 Å². The summed E-state index contributed by atoms with van der Waals surface area (Å²) in [4.78, 5) is 9.43. The normalized spacial score (nSPS) is 9.62. The number of carbonyl (C=O) groups is 1. The van der Waals surface area contributed by atoms with Crippen molar-refractivity contribution in [2.45, 2.75) is 0 Å². The largest absolute Gasteiger partial charge is 2.00 e. The van der Waals surface area contributed by atoms with Crippen molar-refractivity contribution in [3.63, 3.8) is 0 Å². The second-order valence-corrected chi connectivity index (χ2v) is 2.93. The van der Waals surface area contributed by atoms with Crippen LogP contribution in [0.1, 0.15) is 0 Å². The van der Waals surface area contributed by atoms with E-state index >= 15 is 0 Å². The van der Waals surface area contributed by atoms with Gasteiger partial charge in [0.1, 0.15) is 0 Å². The van der Waals surface area contributed by atoms with E-state index in [9.17, 15) is 13.2 Å². The smallest absolute Gasteiger partial charge is 0.470 e. The molecule has 42 valence electrons. The van der Waals surface area contributed by atoms with E-state index in [2.05, 4.69) is 0 Å². The first-order chi connectivity index (χ1) is 2.94. The molecule has 8 heavy (non-hydrogen) atoms. The van der Waals surface area contributed by atoms with E-state index in [-0.39, 0.29) is 23.1 Å². The minimum Gasteiger partial charge on any atom is -0.470 e. The van der Waals surface area contributed by atoms with E-state index in [4.69, 9.17) is 5.11 Å². The van der Waals surface area contributed by atoms with Crippen LogP contribution in [0.3, 0.4) is 0 Å². The van der Waals surface area contributed by atoms with Crippen molar-refractivity contribution < 1.29 is 18.3 Å². The van der Waals surface area contributed by atoms with E-state index in [1.54, 1.807) is 0 Å². The number of sulfone groups is 1. The molecule has 0 aliphatic rings. The van der Waals surface area contributed by atoms with Crippen LogP contribution < -0.4 is 0 Å². The van der Waals surface area contributed by atoms with Gasteiger partial charge in [-0.3, -0.25) is 0 Å². The van der Waals surface area contributed by atoms with Gasteiger partial charge in [-0.05, 0) is 0 Å². The van der Waals surface area contributed by atoms with Gasteiger partial charge in [0.25, 0.3) is 0 Å². The Balaban J connectivity index is 0. The average molecular weight is 148 g/mol. The summed E-state index contributed by atoms with van der Waals surface area (Å²) in [6, 6.07) is 0. The molecule has 0 saturated heterocycles. The van der Waals surface area contributed by atoms with Gasteiger partial charge in [-0.2, -0.15) is 0 Å². The van der Waals surface area contributed by atoms with Crippen molar-refractivity contribution in [3.05, 3.63) is 0 Å². The summed E-state index contributed by atoms with van der Waals surface area (Å²) >= 11 is 0. The fourth-order valence-corrected chi connectivity index (χ4v) is 0. The van der Waals surface area contributed by atoms with Gasteiger partial charge in [-0.1, -0.05) is 0 Å². The van der Waals surface area contributed by atoms with Gasteiger partial charge in [0.05, 0.1) is 6.26 Å². The Bertz CT molecular complexity index is 168. The molecule has 6 heteroatoms. The second kappa shape index (κ2) is 3.26. The predicted octanol–water partition coefficient (Wildman–Crippen LogP) is -0.672. The third-order valence-corrected chi connectivity index (χ3v) is 0.952. The van der Waals surface area contributed by atoms with Crippen LogP contribution in [0.15, 0.2) is 0 Å². The third kappa shape index (κ3) is 4.35. The zero-order valence-electron chi connectivity index (χ0n) is 4.29. The summed E-state index contributed by atoms with van der Waals surface area (Å²) in [6.45, 7) is 0. The molecule has 0 amide bonds. The SMILES string of the molecule is CS(=O)(=O)C(=O)O.[Mg+2]. The maximum absolute atomic E-state index is 9.73. The zero-order valence-corrected chi connectivity index (χ0v) is 6.52. The van der Waals surface area contributed by atoms with Gasteiger partial charge >= 0.3 is 28.4 Å². The van der Waals surface area contributed by atoms with Crippen LogP contribution in [0.25, 0.3) is 0 Å². The topological polar surface area (TPSA) is 71.4 Å². The quantitative estimate of drug-likeness (QED) is 0.463. The van der Waals surface area contributed by atoms with Crippen LogP contribution in [0, 0.1) is 0 Å². The van der Waals surface area contributed by atoms with Crippen LogP contribution in [0.5, 0.6) is 0 Å². The summed E-state index contributed by atoms with van der Waals surface area (Å²) in [6.07, 6.45) is 0.634. The van der Waals surface area contributed by atoms with Gasteiger partial charge in [-0.15, -0.1) is 0 Å². The average Bonchev–Trinajstić information content (AvgIpc) is 1.31. The Hall–Kier alpha value is 0.186. The summed E-state index contributed by atoms with van der Waals surface area (Å²) in [5.41, 5.74) is 0. The van der Waals surface area contributed by atoms with Gasteiger partial charge in [0.15, 0.2) is 0 Å². The summed E-state index contributed by atoms with van der Waals surface area (Å²) in [5, 5.41) is 5.88. The van der Waals surface area contributed by atoms with Gasteiger partial charge < -0.3 is 5.11 Å². The molecule has 0 unspecified atom stereocenters. The predicted molar refractivity (Wildman–Crippen MR) is 28.6 cm³/mol. The molecular formula is C2H4MgO4S+2. The molecule has 0 bridgehead atoms. The molecule has 0 aliphatic carbocycles. The fraction of sp³-hybridized carbons (Fsp3) is 0.500. The molecule has 0 heterocycles. The first kappa shape index (κ1) is 11.0. The Kier molecular flexibility index (Phi) is 4.50. The minimum atomic E-state index is -3.82. The van der Waals surface area contributed by atoms with Crippen molar-refractivity contribution in [3.8, 4) is 0 Å². The maximum Gasteiger partial charge on any atom is 2.00 e. The van der Waals surface area contributed by atoms with Crippen LogP contribution in [0.2, 0.25) is 0 Å². The molecule has 0 aromatic heterocycles. The second-order valence-electron chi connectivity index (χ2n) is 1.04. The van der Waals surface area contributed by atoms with Crippen LogP contribution >= 0.6 is 0 Å². The van der Waals surface area contributed by atoms with E-state index in [1.165, 1.54) is 0 Å². The molecule has 0 radical (unpaired) electrons. The van der Waals surface area contributed by atoms with Crippen molar-refractivity contribution in [1.29, 1.82) is 0 Å².